The number of carbonyl (C=O) groups excluding carboxylic acids is 1. The second-order valence-electron chi connectivity index (χ2n) is 2.91. The molecule has 0 heterocycles. The van der Waals surface area contributed by atoms with Crippen molar-refractivity contribution in [2.75, 3.05) is 0 Å². The molecule has 1 rings (SSSR count). The molecular formula is C9H10Cl2N2O. The monoisotopic (exact) mass is 232 g/mol. The van der Waals surface area contributed by atoms with Gasteiger partial charge in [-0.05, 0) is 24.1 Å². The molecule has 1 unspecified atom stereocenters. The lowest BCUT2D eigenvalue weighted by molar-refractivity contribution is -0.119. The second kappa shape index (κ2) is 4.64. The number of rotatable bonds is 3. The Bertz CT molecular complexity index is 334. The van der Waals surface area contributed by atoms with Crippen LogP contribution in [-0.2, 0) is 11.2 Å². The Kier molecular flexibility index (Phi) is 3.75. The van der Waals surface area contributed by atoms with E-state index >= 15 is 0 Å². The first-order valence-electron chi connectivity index (χ1n) is 4.00. The van der Waals surface area contributed by atoms with Crippen molar-refractivity contribution in [3.05, 3.63) is 33.8 Å². The summed E-state index contributed by atoms with van der Waals surface area (Å²) in [5.74, 6) is -0.569. The zero-order valence-corrected chi connectivity index (χ0v) is 8.85. The Morgan fingerprint density at radius 3 is 2.29 bits per heavy atom. The van der Waals surface area contributed by atoms with Gasteiger partial charge >= 0.3 is 0 Å². The molecule has 0 saturated carbocycles. The zero-order valence-electron chi connectivity index (χ0n) is 7.34. The maximum absolute atomic E-state index is 10.7. The molecule has 76 valence electrons. The van der Waals surface area contributed by atoms with E-state index in [9.17, 15) is 4.79 Å². The van der Waals surface area contributed by atoms with Gasteiger partial charge in [0, 0.05) is 10.0 Å². The van der Waals surface area contributed by atoms with Crippen molar-refractivity contribution in [2.24, 2.45) is 11.5 Å². The fourth-order valence-corrected chi connectivity index (χ4v) is 1.60. The van der Waals surface area contributed by atoms with E-state index in [1.807, 2.05) is 0 Å². The molecule has 0 bridgehead atoms. The molecule has 0 fully saturated rings. The van der Waals surface area contributed by atoms with Gasteiger partial charge in [-0.15, -0.1) is 0 Å². The van der Waals surface area contributed by atoms with Crippen LogP contribution in [0.25, 0.3) is 0 Å². The summed E-state index contributed by atoms with van der Waals surface area (Å²) in [6.07, 6.45) is 0.258. The molecule has 0 aliphatic rings. The standard InChI is InChI=1S/C9H10Cl2N2O/c10-6-2-1-3-7(11)5(6)4-8(12)9(13)14/h1-3,8H,4,12H2,(H2,13,14). The maximum Gasteiger partial charge on any atom is 0.234 e. The van der Waals surface area contributed by atoms with Gasteiger partial charge in [-0.25, -0.2) is 0 Å². The minimum atomic E-state index is -0.757. The van der Waals surface area contributed by atoms with Crippen molar-refractivity contribution in [1.82, 2.24) is 0 Å². The minimum absolute atomic E-state index is 0.258. The lowest BCUT2D eigenvalue weighted by atomic mass is 10.1. The first-order chi connectivity index (χ1) is 6.52. The topological polar surface area (TPSA) is 69.1 Å². The van der Waals surface area contributed by atoms with Crippen LogP contribution in [0.2, 0.25) is 10.0 Å². The van der Waals surface area contributed by atoms with Crippen LogP contribution >= 0.6 is 23.2 Å². The predicted octanol–water partition coefficient (Wildman–Crippen LogP) is 1.35. The van der Waals surface area contributed by atoms with Crippen LogP contribution in [0.3, 0.4) is 0 Å². The van der Waals surface area contributed by atoms with Gasteiger partial charge in [-0.1, -0.05) is 29.3 Å². The summed E-state index contributed by atoms with van der Waals surface area (Å²) in [5.41, 5.74) is 11.2. The normalized spacial score (nSPS) is 12.5. The van der Waals surface area contributed by atoms with Gasteiger partial charge in [0.1, 0.15) is 0 Å². The number of nitrogens with two attached hydrogens (primary N) is 2. The average Bonchev–Trinajstić information content (AvgIpc) is 2.11. The highest BCUT2D eigenvalue weighted by Gasteiger charge is 2.14. The fourth-order valence-electron chi connectivity index (χ4n) is 1.05. The number of carbonyl (C=O) groups is 1. The van der Waals surface area contributed by atoms with Gasteiger partial charge in [0.15, 0.2) is 0 Å². The fraction of sp³-hybridized carbons (Fsp3) is 0.222. The molecule has 1 atom stereocenters. The third-order valence-electron chi connectivity index (χ3n) is 1.85. The van der Waals surface area contributed by atoms with E-state index < -0.39 is 11.9 Å². The van der Waals surface area contributed by atoms with Crippen LogP contribution in [0.4, 0.5) is 0 Å². The predicted molar refractivity (Wildman–Crippen MR) is 57.3 cm³/mol. The SMILES string of the molecule is NC(=O)C(N)Cc1c(Cl)cccc1Cl. The molecule has 1 aromatic rings. The summed E-state index contributed by atoms with van der Waals surface area (Å²) in [7, 11) is 0. The van der Waals surface area contributed by atoms with E-state index in [0.717, 1.165) is 0 Å². The smallest absolute Gasteiger partial charge is 0.234 e. The van der Waals surface area contributed by atoms with Gasteiger partial charge in [-0.3, -0.25) is 4.79 Å². The van der Waals surface area contributed by atoms with Gasteiger partial charge < -0.3 is 11.5 Å². The molecule has 3 nitrogen and oxygen atoms in total. The Labute approximate surface area is 92.0 Å². The van der Waals surface area contributed by atoms with Crippen molar-refractivity contribution >= 4 is 29.1 Å². The molecule has 0 aliphatic carbocycles. The Morgan fingerprint density at radius 2 is 1.86 bits per heavy atom. The summed E-state index contributed by atoms with van der Waals surface area (Å²) in [4.78, 5) is 10.7. The maximum atomic E-state index is 10.7. The highest BCUT2D eigenvalue weighted by atomic mass is 35.5. The lowest BCUT2D eigenvalue weighted by Gasteiger charge is -2.10. The molecule has 5 heteroatoms. The Balaban J connectivity index is 2.91. The molecule has 0 aliphatic heterocycles. The minimum Gasteiger partial charge on any atom is -0.368 e. The molecule has 0 spiro atoms. The molecule has 0 saturated heterocycles. The molecule has 14 heavy (non-hydrogen) atoms. The van der Waals surface area contributed by atoms with Gasteiger partial charge in [-0.2, -0.15) is 0 Å². The van der Waals surface area contributed by atoms with Crippen LogP contribution in [0, 0.1) is 0 Å². The van der Waals surface area contributed by atoms with Crippen LogP contribution < -0.4 is 11.5 Å². The molecule has 1 aromatic carbocycles. The largest absolute Gasteiger partial charge is 0.368 e. The molecule has 0 radical (unpaired) electrons. The number of amides is 1. The highest BCUT2D eigenvalue weighted by molar-refractivity contribution is 6.36. The summed E-state index contributed by atoms with van der Waals surface area (Å²) in [6, 6.07) is 4.35. The quantitative estimate of drug-likeness (QED) is 0.827. The van der Waals surface area contributed by atoms with Crippen LogP contribution in [-0.4, -0.2) is 11.9 Å². The second-order valence-corrected chi connectivity index (χ2v) is 3.73. The lowest BCUT2D eigenvalue weighted by Crippen LogP contribution is -2.38. The van der Waals surface area contributed by atoms with Crippen molar-refractivity contribution in [2.45, 2.75) is 12.5 Å². The van der Waals surface area contributed by atoms with E-state index in [-0.39, 0.29) is 6.42 Å². The number of hydrogen-bond acceptors (Lipinski definition) is 2. The highest BCUT2D eigenvalue weighted by Crippen LogP contribution is 2.25. The van der Waals surface area contributed by atoms with Gasteiger partial charge in [0.2, 0.25) is 5.91 Å². The van der Waals surface area contributed by atoms with E-state index in [2.05, 4.69) is 0 Å². The van der Waals surface area contributed by atoms with Crippen LogP contribution in [0.5, 0.6) is 0 Å². The van der Waals surface area contributed by atoms with Gasteiger partial charge in [0.05, 0.1) is 6.04 Å². The van der Waals surface area contributed by atoms with Crippen LogP contribution in [0.1, 0.15) is 5.56 Å². The third kappa shape index (κ3) is 2.61. The number of primary amides is 1. The summed E-state index contributed by atoms with van der Waals surface area (Å²) in [5, 5.41) is 0.989. The number of halogens is 2. The molecule has 4 N–H and O–H groups in total. The van der Waals surface area contributed by atoms with E-state index in [4.69, 9.17) is 34.7 Å². The summed E-state index contributed by atoms with van der Waals surface area (Å²) < 4.78 is 0. The van der Waals surface area contributed by atoms with Crippen molar-refractivity contribution in [1.29, 1.82) is 0 Å². The molecular weight excluding hydrogens is 223 g/mol. The average molecular weight is 233 g/mol. The van der Waals surface area contributed by atoms with Crippen molar-refractivity contribution < 1.29 is 4.79 Å². The first kappa shape index (κ1) is 11.3. The summed E-state index contributed by atoms with van der Waals surface area (Å²) in [6.45, 7) is 0. The van der Waals surface area contributed by atoms with E-state index in [0.29, 0.717) is 15.6 Å². The van der Waals surface area contributed by atoms with E-state index in [1.165, 1.54) is 0 Å². The Hall–Kier alpha value is -0.770. The first-order valence-corrected chi connectivity index (χ1v) is 4.75. The Morgan fingerprint density at radius 1 is 1.36 bits per heavy atom. The third-order valence-corrected chi connectivity index (χ3v) is 2.56. The zero-order chi connectivity index (χ0) is 10.7. The van der Waals surface area contributed by atoms with Crippen molar-refractivity contribution in [3.63, 3.8) is 0 Å². The number of hydrogen-bond donors (Lipinski definition) is 2. The summed E-state index contributed by atoms with van der Waals surface area (Å²) >= 11 is 11.8. The molecule has 0 aromatic heterocycles. The van der Waals surface area contributed by atoms with Crippen LogP contribution in [0.15, 0.2) is 18.2 Å². The number of benzene rings is 1. The molecule has 1 amide bonds. The van der Waals surface area contributed by atoms with Gasteiger partial charge in [0.25, 0.3) is 0 Å². The van der Waals surface area contributed by atoms with E-state index in [1.54, 1.807) is 18.2 Å². The van der Waals surface area contributed by atoms with Crippen molar-refractivity contribution in [3.8, 4) is 0 Å².